The predicted molar refractivity (Wildman–Crippen MR) is 68.3 cm³/mol. The molecule has 0 aliphatic carbocycles. The van der Waals surface area contributed by atoms with Crippen LogP contribution in [0.3, 0.4) is 0 Å². The van der Waals surface area contributed by atoms with E-state index in [1.807, 2.05) is 36.9 Å². The number of alkyl halides is 1. The Morgan fingerprint density at radius 3 is 2.75 bits per heavy atom. The molecule has 1 aromatic rings. The lowest BCUT2D eigenvalue weighted by atomic mass is 10.2. The van der Waals surface area contributed by atoms with E-state index in [4.69, 9.17) is 0 Å². The van der Waals surface area contributed by atoms with Gasteiger partial charge in [-0.3, -0.25) is 9.78 Å². The Morgan fingerprint density at radius 1 is 1.50 bits per heavy atom. The van der Waals surface area contributed by atoms with Crippen molar-refractivity contribution in [2.75, 3.05) is 5.33 Å². The molecule has 1 rings (SSSR count). The molecule has 0 saturated heterocycles. The van der Waals surface area contributed by atoms with E-state index in [1.54, 1.807) is 6.20 Å². The van der Waals surface area contributed by atoms with Crippen LogP contribution in [0.2, 0.25) is 0 Å². The number of amides is 1. The molecule has 3 nitrogen and oxygen atoms in total. The van der Waals surface area contributed by atoms with Crippen molar-refractivity contribution < 1.29 is 4.79 Å². The molecule has 0 bridgehead atoms. The van der Waals surface area contributed by atoms with Gasteiger partial charge < -0.3 is 4.90 Å². The van der Waals surface area contributed by atoms with Crippen LogP contribution >= 0.6 is 15.9 Å². The number of nitrogens with zero attached hydrogens (tertiary/aromatic N) is 2. The number of hydrogen-bond donors (Lipinski definition) is 0. The Morgan fingerprint density at radius 2 is 2.25 bits per heavy atom. The number of aromatic nitrogens is 1. The summed E-state index contributed by atoms with van der Waals surface area (Å²) in [5.74, 6) is 0.164. The number of halogens is 1. The van der Waals surface area contributed by atoms with Crippen molar-refractivity contribution in [1.82, 2.24) is 9.88 Å². The fourth-order valence-electron chi connectivity index (χ4n) is 1.45. The Balaban J connectivity index is 2.69. The van der Waals surface area contributed by atoms with E-state index in [-0.39, 0.29) is 11.9 Å². The molecular weight excluding hydrogens is 268 g/mol. The standard InChI is InChI=1S/C12H17BrN2O/c1-10(2)15(12(16)6-7-13)9-11-5-3-4-8-14-11/h3-5,8,10H,6-7,9H2,1-2H3. The van der Waals surface area contributed by atoms with E-state index >= 15 is 0 Å². The number of carbonyl (C=O) groups is 1. The maximum Gasteiger partial charge on any atom is 0.223 e. The molecule has 0 spiro atoms. The second kappa shape index (κ2) is 6.63. The van der Waals surface area contributed by atoms with Gasteiger partial charge >= 0.3 is 0 Å². The molecule has 0 N–H and O–H groups in total. The highest BCUT2D eigenvalue weighted by Crippen LogP contribution is 2.08. The Bertz CT molecular complexity index is 327. The molecule has 0 fully saturated rings. The lowest BCUT2D eigenvalue weighted by Crippen LogP contribution is -2.36. The summed E-state index contributed by atoms with van der Waals surface area (Å²) in [5, 5.41) is 0.706. The van der Waals surface area contributed by atoms with E-state index < -0.39 is 0 Å². The average molecular weight is 285 g/mol. The number of hydrogen-bond acceptors (Lipinski definition) is 2. The number of rotatable bonds is 5. The van der Waals surface area contributed by atoms with E-state index in [0.29, 0.717) is 18.3 Å². The minimum atomic E-state index is 0.164. The first-order chi connectivity index (χ1) is 7.65. The smallest absolute Gasteiger partial charge is 0.223 e. The van der Waals surface area contributed by atoms with Gasteiger partial charge in [-0.2, -0.15) is 0 Å². The van der Waals surface area contributed by atoms with Crippen molar-refractivity contribution in [3.05, 3.63) is 30.1 Å². The fraction of sp³-hybridized carbons (Fsp3) is 0.500. The lowest BCUT2D eigenvalue weighted by Gasteiger charge is -2.26. The van der Waals surface area contributed by atoms with Crippen molar-refractivity contribution in [1.29, 1.82) is 0 Å². The largest absolute Gasteiger partial charge is 0.334 e. The highest BCUT2D eigenvalue weighted by Gasteiger charge is 2.16. The topological polar surface area (TPSA) is 33.2 Å². The summed E-state index contributed by atoms with van der Waals surface area (Å²) >= 11 is 3.29. The van der Waals surface area contributed by atoms with Crippen LogP contribution in [-0.4, -0.2) is 27.2 Å². The van der Waals surface area contributed by atoms with Crippen molar-refractivity contribution in [3.63, 3.8) is 0 Å². The van der Waals surface area contributed by atoms with Gasteiger partial charge in [0.15, 0.2) is 0 Å². The Kier molecular flexibility index (Phi) is 5.46. The zero-order chi connectivity index (χ0) is 12.0. The zero-order valence-electron chi connectivity index (χ0n) is 9.69. The maximum atomic E-state index is 11.9. The fourth-order valence-corrected chi connectivity index (χ4v) is 1.79. The molecule has 0 saturated carbocycles. The predicted octanol–water partition coefficient (Wildman–Crippen LogP) is 2.60. The third kappa shape index (κ3) is 3.93. The molecule has 1 heterocycles. The zero-order valence-corrected chi connectivity index (χ0v) is 11.3. The van der Waals surface area contributed by atoms with Crippen molar-refractivity contribution in [2.24, 2.45) is 0 Å². The summed E-state index contributed by atoms with van der Waals surface area (Å²) in [6, 6.07) is 5.96. The first-order valence-electron chi connectivity index (χ1n) is 5.40. The molecule has 16 heavy (non-hydrogen) atoms. The molecule has 0 unspecified atom stereocenters. The molecule has 0 aromatic carbocycles. The van der Waals surface area contributed by atoms with Crippen molar-refractivity contribution in [2.45, 2.75) is 32.9 Å². The van der Waals surface area contributed by atoms with Crippen LogP contribution in [0.5, 0.6) is 0 Å². The van der Waals surface area contributed by atoms with Gasteiger partial charge in [-0.05, 0) is 26.0 Å². The SMILES string of the molecule is CC(C)N(Cc1ccccn1)C(=O)CCBr. The minimum absolute atomic E-state index is 0.164. The normalized spacial score (nSPS) is 10.5. The Hall–Kier alpha value is -0.900. The van der Waals surface area contributed by atoms with Crippen molar-refractivity contribution >= 4 is 21.8 Å². The number of pyridine rings is 1. The molecule has 0 atom stereocenters. The summed E-state index contributed by atoms with van der Waals surface area (Å²) in [6.07, 6.45) is 2.29. The quantitative estimate of drug-likeness (QED) is 0.779. The van der Waals surface area contributed by atoms with Gasteiger partial charge in [0.2, 0.25) is 5.91 Å². The van der Waals surface area contributed by atoms with E-state index in [0.717, 1.165) is 5.69 Å². The first-order valence-corrected chi connectivity index (χ1v) is 6.52. The van der Waals surface area contributed by atoms with E-state index in [1.165, 1.54) is 0 Å². The van der Waals surface area contributed by atoms with Crippen LogP contribution in [0, 0.1) is 0 Å². The highest BCUT2D eigenvalue weighted by molar-refractivity contribution is 9.09. The molecule has 88 valence electrons. The average Bonchev–Trinajstić information content (AvgIpc) is 2.27. The van der Waals surface area contributed by atoms with Gasteiger partial charge in [-0.15, -0.1) is 0 Å². The summed E-state index contributed by atoms with van der Waals surface area (Å²) in [5.41, 5.74) is 0.930. The van der Waals surface area contributed by atoms with Crippen LogP contribution in [0.4, 0.5) is 0 Å². The van der Waals surface area contributed by atoms with Gasteiger partial charge in [0.25, 0.3) is 0 Å². The second-order valence-electron chi connectivity index (χ2n) is 3.88. The van der Waals surface area contributed by atoms with Crippen LogP contribution in [-0.2, 0) is 11.3 Å². The van der Waals surface area contributed by atoms with Crippen LogP contribution in [0.1, 0.15) is 26.0 Å². The van der Waals surface area contributed by atoms with Gasteiger partial charge in [0, 0.05) is 24.0 Å². The van der Waals surface area contributed by atoms with Gasteiger partial charge in [-0.1, -0.05) is 22.0 Å². The van der Waals surface area contributed by atoms with Crippen LogP contribution in [0.25, 0.3) is 0 Å². The molecule has 0 radical (unpaired) electrons. The summed E-state index contributed by atoms with van der Waals surface area (Å²) in [4.78, 5) is 17.9. The van der Waals surface area contributed by atoms with E-state index in [9.17, 15) is 4.79 Å². The minimum Gasteiger partial charge on any atom is -0.334 e. The van der Waals surface area contributed by atoms with Crippen LogP contribution in [0.15, 0.2) is 24.4 Å². The maximum absolute atomic E-state index is 11.9. The van der Waals surface area contributed by atoms with Gasteiger partial charge in [-0.25, -0.2) is 0 Å². The summed E-state index contributed by atoms with van der Waals surface area (Å²) < 4.78 is 0. The summed E-state index contributed by atoms with van der Waals surface area (Å²) in [7, 11) is 0. The monoisotopic (exact) mass is 284 g/mol. The van der Waals surface area contributed by atoms with Crippen molar-refractivity contribution in [3.8, 4) is 0 Å². The molecule has 0 aliphatic heterocycles. The van der Waals surface area contributed by atoms with Gasteiger partial charge in [0.05, 0.1) is 12.2 Å². The molecule has 1 aromatic heterocycles. The molecule has 1 amide bonds. The van der Waals surface area contributed by atoms with Crippen LogP contribution < -0.4 is 0 Å². The van der Waals surface area contributed by atoms with E-state index in [2.05, 4.69) is 20.9 Å². The first kappa shape index (κ1) is 13.2. The number of carbonyl (C=O) groups excluding carboxylic acids is 1. The highest BCUT2D eigenvalue weighted by atomic mass is 79.9. The van der Waals surface area contributed by atoms with Gasteiger partial charge in [0.1, 0.15) is 0 Å². The Labute approximate surface area is 105 Å². The third-order valence-electron chi connectivity index (χ3n) is 2.31. The third-order valence-corrected chi connectivity index (χ3v) is 2.71. The lowest BCUT2D eigenvalue weighted by molar-refractivity contribution is -0.133. The molecular formula is C12H17BrN2O. The second-order valence-corrected chi connectivity index (χ2v) is 4.67. The molecule has 4 heteroatoms. The molecule has 0 aliphatic rings. The summed E-state index contributed by atoms with van der Waals surface area (Å²) in [6.45, 7) is 4.63.